The minimum absolute atomic E-state index is 0.844. The molecular weight excluding hydrogens is 562 g/mol. The zero-order chi connectivity index (χ0) is 20.7. The molecule has 160 valence electrons. The Bertz CT molecular complexity index is 678. The molecule has 2 heterocycles. The van der Waals surface area contributed by atoms with Gasteiger partial charge in [0.1, 0.15) is 0 Å². The maximum atomic E-state index is 5.34. The topological polar surface area (TPSA) is 21.7 Å². The fraction of sp³-hybridized carbons (Fsp3) is 0.478. The van der Waals surface area contributed by atoms with Crippen LogP contribution in [0.2, 0.25) is 0 Å². The molecule has 0 amide bonds. The summed E-state index contributed by atoms with van der Waals surface area (Å²) in [7, 11) is 0. The molecule has 29 heavy (non-hydrogen) atoms. The van der Waals surface area contributed by atoms with Gasteiger partial charge in [0.15, 0.2) is 0 Å². The molecule has 6 heteroatoms. The molecular formula is C23H30Br3NO2. The van der Waals surface area contributed by atoms with E-state index in [0.717, 1.165) is 50.2 Å². The van der Waals surface area contributed by atoms with E-state index in [2.05, 4.69) is 83.0 Å². The van der Waals surface area contributed by atoms with Crippen molar-refractivity contribution in [3.8, 4) is 0 Å². The van der Waals surface area contributed by atoms with Gasteiger partial charge in [-0.15, -0.1) is 0 Å². The Morgan fingerprint density at radius 2 is 1.24 bits per heavy atom. The lowest BCUT2D eigenvalue weighted by Gasteiger charge is -2.30. The lowest BCUT2D eigenvalue weighted by Crippen LogP contribution is -2.36. The Morgan fingerprint density at radius 3 is 1.72 bits per heavy atom. The zero-order valence-electron chi connectivity index (χ0n) is 16.8. The number of para-hydroxylation sites is 1. The average molecular weight is 592 g/mol. The van der Waals surface area contributed by atoms with Crippen LogP contribution in [0.4, 0.5) is 5.69 Å². The van der Waals surface area contributed by atoms with Crippen LogP contribution in [0.1, 0.15) is 30.4 Å². The van der Waals surface area contributed by atoms with Crippen LogP contribution < -0.4 is 4.90 Å². The third kappa shape index (κ3) is 9.52. The highest BCUT2D eigenvalue weighted by Gasteiger charge is 2.13. The van der Waals surface area contributed by atoms with Crippen molar-refractivity contribution in [3.05, 3.63) is 64.1 Å². The van der Waals surface area contributed by atoms with Gasteiger partial charge in [-0.25, -0.2) is 0 Å². The molecule has 2 aromatic rings. The van der Waals surface area contributed by atoms with Gasteiger partial charge in [0.25, 0.3) is 0 Å². The Kier molecular flexibility index (Phi) is 13.2. The molecule has 3 nitrogen and oxygen atoms in total. The number of morpholine rings is 1. The van der Waals surface area contributed by atoms with E-state index in [1.807, 2.05) is 18.2 Å². The van der Waals surface area contributed by atoms with E-state index < -0.39 is 0 Å². The number of hydrogen-bond acceptors (Lipinski definition) is 3. The number of alkyl halides is 2. The second kappa shape index (κ2) is 15.4. The van der Waals surface area contributed by atoms with Crippen molar-refractivity contribution in [2.75, 3.05) is 44.4 Å². The van der Waals surface area contributed by atoms with Crippen LogP contribution in [0.15, 0.2) is 53.0 Å². The van der Waals surface area contributed by atoms with Crippen molar-refractivity contribution in [1.29, 1.82) is 0 Å². The first kappa shape index (κ1) is 24.9. The maximum absolute atomic E-state index is 5.34. The quantitative estimate of drug-likeness (QED) is 0.361. The predicted octanol–water partition coefficient (Wildman–Crippen LogP) is 6.95. The molecule has 0 bridgehead atoms. The molecule has 0 radical (unpaired) electrons. The standard InChI is InChI=1S/C11H14BrNO.C7H6Br2.C5H10O/c12-9-10-3-1-2-4-11(10)13-5-7-14-8-6-13;8-5-6-3-1-2-4-7(6)9;1-2-4-6-5-3-1/h1-4H,5-9H2;1-4H,5H2;1-5H2. The highest BCUT2D eigenvalue weighted by atomic mass is 79.9. The van der Waals surface area contributed by atoms with E-state index in [0.29, 0.717) is 0 Å². The van der Waals surface area contributed by atoms with Gasteiger partial charge in [-0.1, -0.05) is 84.2 Å². The molecule has 2 aromatic carbocycles. The van der Waals surface area contributed by atoms with Crippen LogP contribution in [0.3, 0.4) is 0 Å². The summed E-state index contributed by atoms with van der Waals surface area (Å²) in [5.74, 6) is 0. The smallest absolute Gasteiger partial charge is 0.0642 e. The first-order chi connectivity index (χ1) is 14.3. The van der Waals surface area contributed by atoms with E-state index in [1.54, 1.807) is 0 Å². The van der Waals surface area contributed by atoms with Crippen molar-refractivity contribution in [1.82, 2.24) is 0 Å². The Labute approximate surface area is 200 Å². The number of halogens is 3. The summed E-state index contributed by atoms with van der Waals surface area (Å²) in [5.41, 5.74) is 3.99. The van der Waals surface area contributed by atoms with Gasteiger partial charge >= 0.3 is 0 Å². The lowest BCUT2D eigenvalue weighted by molar-refractivity contribution is 0.0968. The maximum Gasteiger partial charge on any atom is 0.0642 e. The van der Waals surface area contributed by atoms with Crippen molar-refractivity contribution in [3.63, 3.8) is 0 Å². The summed E-state index contributed by atoms with van der Waals surface area (Å²) in [6, 6.07) is 16.7. The molecule has 4 rings (SSSR count). The molecule has 0 atom stereocenters. The molecule has 0 aromatic heterocycles. The molecule has 0 unspecified atom stereocenters. The molecule has 0 saturated carbocycles. The highest BCUT2D eigenvalue weighted by molar-refractivity contribution is 9.10. The summed E-state index contributed by atoms with van der Waals surface area (Å²) in [4.78, 5) is 2.39. The van der Waals surface area contributed by atoms with Crippen LogP contribution >= 0.6 is 47.8 Å². The number of benzene rings is 2. The zero-order valence-corrected chi connectivity index (χ0v) is 21.6. The second-order valence-electron chi connectivity index (χ2n) is 6.76. The Hall–Kier alpha value is -0.400. The summed E-state index contributed by atoms with van der Waals surface area (Å²) >= 11 is 10.3. The van der Waals surface area contributed by atoms with Gasteiger partial charge < -0.3 is 14.4 Å². The van der Waals surface area contributed by atoms with E-state index in [-0.39, 0.29) is 0 Å². The third-order valence-corrected chi connectivity index (χ3v) is 6.65. The first-order valence-electron chi connectivity index (χ1n) is 10.1. The Morgan fingerprint density at radius 1 is 0.690 bits per heavy atom. The largest absolute Gasteiger partial charge is 0.381 e. The number of ether oxygens (including phenoxy) is 2. The van der Waals surface area contributed by atoms with Crippen LogP contribution in [-0.4, -0.2) is 39.5 Å². The molecule has 0 aliphatic carbocycles. The number of anilines is 1. The van der Waals surface area contributed by atoms with Crippen LogP contribution in [0.25, 0.3) is 0 Å². The third-order valence-electron chi connectivity index (χ3n) is 4.67. The minimum Gasteiger partial charge on any atom is -0.381 e. The summed E-state index contributed by atoms with van der Waals surface area (Å²) in [6.45, 7) is 5.70. The SMILES string of the molecule is BrCc1ccccc1Br.BrCc1ccccc1N1CCOCC1.C1CCOCC1. The number of hydrogen-bond donors (Lipinski definition) is 0. The van der Waals surface area contributed by atoms with Gasteiger partial charge in [-0.05, 0) is 42.5 Å². The first-order valence-corrected chi connectivity index (χ1v) is 13.1. The fourth-order valence-corrected chi connectivity index (χ4v) is 4.79. The molecule has 2 aliphatic rings. The van der Waals surface area contributed by atoms with Gasteiger partial charge in [0.2, 0.25) is 0 Å². The molecule has 0 spiro atoms. The molecule has 2 saturated heterocycles. The average Bonchev–Trinajstić information content (AvgIpc) is 2.82. The second-order valence-corrected chi connectivity index (χ2v) is 8.74. The van der Waals surface area contributed by atoms with E-state index >= 15 is 0 Å². The van der Waals surface area contributed by atoms with Crippen LogP contribution in [0.5, 0.6) is 0 Å². The van der Waals surface area contributed by atoms with Gasteiger partial charge in [-0.2, -0.15) is 0 Å². The molecule has 2 aliphatic heterocycles. The van der Waals surface area contributed by atoms with Crippen LogP contribution in [-0.2, 0) is 20.1 Å². The van der Waals surface area contributed by atoms with E-state index in [1.165, 1.54) is 40.5 Å². The van der Waals surface area contributed by atoms with E-state index in [9.17, 15) is 0 Å². The minimum atomic E-state index is 0.844. The van der Waals surface area contributed by atoms with Gasteiger partial charge in [0.05, 0.1) is 13.2 Å². The molecule has 2 fully saturated rings. The van der Waals surface area contributed by atoms with Crippen molar-refractivity contribution < 1.29 is 9.47 Å². The van der Waals surface area contributed by atoms with Gasteiger partial charge in [0, 0.05) is 47.1 Å². The summed E-state index contributed by atoms with van der Waals surface area (Å²) in [6.07, 6.45) is 3.93. The molecule has 0 N–H and O–H groups in total. The van der Waals surface area contributed by atoms with Crippen LogP contribution in [0, 0.1) is 0 Å². The van der Waals surface area contributed by atoms with E-state index in [4.69, 9.17) is 9.47 Å². The van der Waals surface area contributed by atoms with Gasteiger partial charge in [-0.3, -0.25) is 0 Å². The number of rotatable bonds is 3. The fourth-order valence-electron chi connectivity index (χ4n) is 3.03. The summed E-state index contributed by atoms with van der Waals surface area (Å²) < 4.78 is 11.6. The normalized spacial score (nSPS) is 16.2. The number of nitrogens with zero attached hydrogens (tertiary/aromatic N) is 1. The van der Waals surface area contributed by atoms with Crippen molar-refractivity contribution in [2.24, 2.45) is 0 Å². The van der Waals surface area contributed by atoms with Crippen molar-refractivity contribution >= 4 is 53.5 Å². The van der Waals surface area contributed by atoms with Crippen molar-refractivity contribution in [2.45, 2.75) is 29.9 Å². The predicted molar refractivity (Wildman–Crippen MR) is 134 cm³/mol. The highest BCUT2D eigenvalue weighted by Crippen LogP contribution is 2.23. The lowest BCUT2D eigenvalue weighted by atomic mass is 10.2. The Balaban J connectivity index is 0.000000171. The monoisotopic (exact) mass is 589 g/mol. The summed E-state index contributed by atoms with van der Waals surface area (Å²) in [5, 5.41) is 1.83.